The summed E-state index contributed by atoms with van der Waals surface area (Å²) in [5.41, 5.74) is 5.91. The minimum absolute atomic E-state index is 0.0693. The Labute approximate surface area is 117 Å². The second-order valence-corrected chi connectivity index (χ2v) is 5.60. The van der Waals surface area contributed by atoms with Gasteiger partial charge in [-0.25, -0.2) is 0 Å². The number of carbonyl (C=O) groups excluding carboxylic acids is 1. The molecule has 6 heteroatoms. The molecule has 0 saturated heterocycles. The highest BCUT2D eigenvalue weighted by Crippen LogP contribution is 2.26. The van der Waals surface area contributed by atoms with Crippen LogP contribution in [0.3, 0.4) is 0 Å². The van der Waals surface area contributed by atoms with E-state index in [2.05, 4.69) is 10.1 Å². The van der Waals surface area contributed by atoms with Crippen LogP contribution in [0, 0.1) is 5.41 Å². The molecule has 0 spiro atoms. The largest absolute Gasteiger partial charge is 0.433 e. The highest BCUT2D eigenvalue weighted by atomic mass is 19.3. The van der Waals surface area contributed by atoms with Gasteiger partial charge in [0.15, 0.2) is 0 Å². The minimum atomic E-state index is -2.94. The number of hydrogen-bond acceptors (Lipinski definition) is 3. The summed E-state index contributed by atoms with van der Waals surface area (Å²) in [6.07, 6.45) is 0.104. The van der Waals surface area contributed by atoms with Crippen molar-refractivity contribution < 1.29 is 18.3 Å². The normalized spacial score (nSPS) is 13.2. The molecule has 0 radical (unpaired) electrons. The number of nitrogens with one attached hydrogen (secondary N) is 1. The van der Waals surface area contributed by atoms with Crippen LogP contribution in [0.25, 0.3) is 0 Å². The van der Waals surface area contributed by atoms with Gasteiger partial charge in [0.1, 0.15) is 5.75 Å². The first-order chi connectivity index (χ1) is 9.20. The molecule has 1 rings (SSSR count). The van der Waals surface area contributed by atoms with E-state index in [9.17, 15) is 13.6 Å². The van der Waals surface area contributed by atoms with Gasteiger partial charge in [-0.3, -0.25) is 4.79 Å². The van der Waals surface area contributed by atoms with Crippen molar-refractivity contribution in [2.45, 2.75) is 39.8 Å². The molecule has 1 amide bonds. The van der Waals surface area contributed by atoms with E-state index in [0.717, 1.165) is 0 Å². The number of ether oxygens (including phenoxy) is 1. The van der Waals surface area contributed by atoms with E-state index < -0.39 is 6.61 Å². The number of para-hydroxylation sites is 2. The minimum Gasteiger partial charge on any atom is -0.433 e. The number of anilines is 1. The molecule has 20 heavy (non-hydrogen) atoms. The molecular weight excluding hydrogens is 266 g/mol. The van der Waals surface area contributed by atoms with Gasteiger partial charge in [-0.05, 0) is 17.5 Å². The fraction of sp³-hybridized carbons (Fsp3) is 0.500. The average Bonchev–Trinajstić information content (AvgIpc) is 2.29. The van der Waals surface area contributed by atoms with Gasteiger partial charge in [0, 0.05) is 12.5 Å². The Morgan fingerprint density at radius 3 is 2.50 bits per heavy atom. The second-order valence-electron chi connectivity index (χ2n) is 5.60. The highest BCUT2D eigenvalue weighted by molar-refractivity contribution is 5.92. The lowest BCUT2D eigenvalue weighted by Crippen LogP contribution is -2.38. The van der Waals surface area contributed by atoms with Gasteiger partial charge in [0.25, 0.3) is 0 Å². The van der Waals surface area contributed by atoms with Crippen LogP contribution in [0.15, 0.2) is 24.3 Å². The summed E-state index contributed by atoms with van der Waals surface area (Å²) in [4.78, 5) is 11.9. The first-order valence-electron chi connectivity index (χ1n) is 6.29. The van der Waals surface area contributed by atoms with Gasteiger partial charge in [-0.1, -0.05) is 32.9 Å². The molecule has 0 aliphatic heterocycles. The summed E-state index contributed by atoms with van der Waals surface area (Å²) < 4.78 is 28.8. The predicted octanol–water partition coefficient (Wildman–Crippen LogP) is 2.99. The molecule has 0 fully saturated rings. The first kappa shape index (κ1) is 16.4. The van der Waals surface area contributed by atoms with Gasteiger partial charge in [0.2, 0.25) is 5.91 Å². The molecule has 0 bridgehead atoms. The highest BCUT2D eigenvalue weighted by Gasteiger charge is 2.23. The molecule has 1 atom stereocenters. The fourth-order valence-corrected chi connectivity index (χ4v) is 1.48. The average molecular weight is 286 g/mol. The van der Waals surface area contributed by atoms with Crippen LogP contribution in [0.5, 0.6) is 5.75 Å². The van der Waals surface area contributed by atoms with E-state index in [-0.39, 0.29) is 35.2 Å². The van der Waals surface area contributed by atoms with Crippen molar-refractivity contribution >= 4 is 11.6 Å². The number of alkyl halides is 2. The summed E-state index contributed by atoms with van der Waals surface area (Å²) in [6.45, 7) is 2.85. The number of carbonyl (C=O) groups is 1. The molecule has 0 aliphatic carbocycles. The van der Waals surface area contributed by atoms with Crippen molar-refractivity contribution in [3.8, 4) is 5.75 Å². The Morgan fingerprint density at radius 1 is 1.35 bits per heavy atom. The zero-order valence-electron chi connectivity index (χ0n) is 11.8. The van der Waals surface area contributed by atoms with E-state index in [0.29, 0.717) is 0 Å². The third-order valence-corrected chi connectivity index (χ3v) is 2.89. The maximum Gasteiger partial charge on any atom is 0.387 e. The molecule has 4 nitrogen and oxygen atoms in total. The van der Waals surface area contributed by atoms with E-state index in [4.69, 9.17) is 5.73 Å². The van der Waals surface area contributed by atoms with Crippen LogP contribution in [0.2, 0.25) is 0 Å². The molecule has 1 unspecified atom stereocenters. The van der Waals surface area contributed by atoms with Crippen LogP contribution < -0.4 is 15.8 Å². The van der Waals surface area contributed by atoms with E-state index >= 15 is 0 Å². The topological polar surface area (TPSA) is 64.4 Å². The molecule has 0 heterocycles. The maximum absolute atomic E-state index is 12.2. The van der Waals surface area contributed by atoms with Crippen molar-refractivity contribution in [1.82, 2.24) is 0 Å². The maximum atomic E-state index is 12.2. The van der Waals surface area contributed by atoms with Crippen molar-refractivity contribution in [2.24, 2.45) is 11.1 Å². The number of rotatable bonds is 5. The molecule has 1 aromatic carbocycles. The van der Waals surface area contributed by atoms with Crippen molar-refractivity contribution in [1.29, 1.82) is 0 Å². The Bertz CT molecular complexity index is 459. The molecule has 0 aliphatic rings. The number of benzene rings is 1. The quantitative estimate of drug-likeness (QED) is 0.874. The van der Waals surface area contributed by atoms with Gasteiger partial charge in [0.05, 0.1) is 5.69 Å². The van der Waals surface area contributed by atoms with Gasteiger partial charge >= 0.3 is 6.61 Å². The lowest BCUT2D eigenvalue weighted by Gasteiger charge is -2.26. The van der Waals surface area contributed by atoms with Crippen molar-refractivity contribution in [3.05, 3.63) is 24.3 Å². The van der Waals surface area contributed by atoms with Gasteiger partial charge in [-0.2, -0.15) is 8.78 Å². The third-order valence-electron chi connectivity index (χ3n) is 2.89. The first-order valence-corrected chi connectivity index (χ1v) is 6.29. The van der Waals surface area contributed by atoms with Crippen molar-refractivity contribution in [2.75, 3.05) is 5.32 Å². The summed E-state index contributed by atoms with van der Waals surface area (Å²) in [6, 6.07) is 5.71. The monoisotopic (exact) mass is 286 g/mol. The van der Waals surface area contributed by atoms with E-state index in [1.54, 1.807) is 12.1 Å². The fourth-order valence-electron chi connectivity index (χ4n) is 1.48. The summed E-state index contributed by atoms with van der Waals surface area (Å²) >= 11 is 0. The molecule has 1 aromatic rings. The number of halogens is 2. The van der Waals surface area contributed by atoms with Crippen LogP contribution in [-0.2, 0) is 4.79 Å². The van der Waals surface area contributed by atoms with E-state index in [1.165, 1.54) is 12.1 Å². The summed E-state index contributed by atoms with van der Waals surface area (Å²) in [5.74, 6) is -0.405. The Kier molecular flexibility index (Phi) is 5.44. The molecule has 0 saturated carbocycles. The molecular formula is C14H20F2N2O2. The predicted molar refractivity (Wildman–Crippen MR) is 73.8 cm³/mol. The molecule has 3 N–H and O–H groups in total. The van der Waals surface area contributed by atoms with Crippen LogP contribution in [-0.4, -0.2) is 18.6 Å². The summed E-state index contributed by atoms with van der Waals surface area (Å²) in [5, 5.41) is 2.54. The SMILES string of the molecule is CC(C)(C)C(N)CC(=O)Nc1ccccc1OC(F)F. The second kappa shape index (κ2) is 6.65. The Hall–Kier alpha value is -1.69. The lowest BCUT2D eigenvalue weighted by atomic mass is 9.85. The summed E-state index contributed by atoms with van der Waals surface area (Å²) in [7, 11) is 0. The smallest absolute Gasteiger partial charge is 0.387 e. The van der Waals surface area contributed by atoms with Crippen molar-refractivity contribution in [3.63, 3.8) is 0 Å². The standard InChI is InChI=1S/C14H20F2N2O2/c1-14(2,3)11(17)8-12(19)18-9-6-4-5-7-10(9)20-13(15)16/h4-7,11,13H,8,17H2,1-3H3,(H,18,19). The number of amides is 1. The molecule has 112 valence electrons. The third kappa shape index (κ3) is 5.13. The Balaban J connectivity index is 2.71. The zero-order valence-corrected chi connectivity index (χ0v) is 11.8. The van der Waals surface area contributed by atoms with Gasteiger partial charge in [-0.15, -0.1) is 0 Å². The Morgan fingerprint density at radius 2 is 1.95 bits per heavy atom. The van der Waals surface area contributed by atoms with E-state index in [1.807, 2.05) is 20.8 Å². The van der Waals surface area contributed by atoms with Crippen LogP contribution in [0.1, 0.15) is 27.2 Å². The zero-order chi connectivity index (χ0) is 15.3. The number of nitrogens with two attached hydrogens (primary N) is 1. The molecule has 0 aromatic heterocycles. The number of hydrogen-bond donors (Lipinski definition) is 2. The lowest BCUT2D eigenvalue weighted by molar-refractivity contribution is -0.117. The van der Waals surface area contributed by atoms with Crippen LogP contribution in [0.4, 0.5) is 14.5 Å². The van der Waals surface area contributed by atoms with Gasteiger partial charge < -0.3 is 15.8 Å². The van der Waals surface area contributed by atoms with Crippen LogP contribution >= 0.6 is 0 Å².